The molecule has 2 aromatic rings. The summed E-state index contributed by atoms with van der Waals surface area (Å²) in [4.78, 5) is 12.1. The van der Waals surface area contributed by atoms with E-state index in [0.717, 1.165) is 18.7 Å². The predicted molar refractivity (Wildman–Crippen MR) is 73.3 cm³/mol. The third kappa shape index (κ3) is 2.91. The minimum absolute atomic E-state index is 0.120. The SMILES string of the molecule is CCCNc1ccccc1C(=O)Nn1cccc1. The molecule has 4 heteroatoms. The molecular formula is C14H17N3O. The van der Waals surface area contributed by atoms with E-state index in [1.807, 2.05) is 36.4 Å². The summed E-state index contributed by atoms with van der Waals surface area (Å²) in [5, 5.41) is 3.25. The molecule has 1 amide bonds. The fraction of sp³-hybridized carbons (Fsp3) is 0.214. The van der Waals surface area contributed by atoms with E-state index in [9.17, 15) is 4.79 Å². The quantitative estimate of drug-likeness (QED) is 0.848. The number of para-hydroxylation sites is 1. The number of hydrogen-bond acceptors (Lipinski definition) is 2. The summed E-state index contributed by atoms with van der Waals surface area (Å²) in [7, 11) is 0. The zero-order chi connectivity index (χ0) is 12.8. The normalized spacial score (nSPS) is 10.1. The van der Waals surface area contributed by atoms with Crippen molar-refractivity contribution in [3.05, 3.63) is 54.4 Å². The van der Waals surface area contributed by atoms with Gasteiger partial charge in [0.05, 0.1) is 5.56 Å². The van der Waals surface area contributed by atoms with Crippen LogP contribution in [-0.4, -0.2) is 17.1 Å². The Balaban J connectivity index is 2.13. The van der Waals surface area contributed by atoms with Crippen molar-refractivity contribution in [1.29, 1.82) is 0 Å². The van der Waals surface area contributed by atoms with E-state index in [2.05, 4.69) is 17.7 Å². The lowest BCUT2D eigenvalue weighted by molar-refractivity contribution is 0.101. The maximum Gasteiger partial charge on any atom is 0.272 e. The molecule has 94 valence electrons. The Kier molecular flexibility index (Phi) is 4.02. The van der Waals surface area contributed by atoms with Gasteiger partial charge in [-0.25, -0.2) is 0 Å². The van der Waals surface area contributed by atoms with Crippen molar-refractivity contribution in [2.45, 2.75) is 13.3 Å². The molecule has 0 saturated carbocycles. The number of rotatable bonds is 5. The summed E-state index contributed by atoms with van der Waals surface area (Å²) in [6.07, 6.45) is 4.60. The summed E-state index contributed by atoms with van der Waals surface area (Å²) in [5.41, 5.74) is 4.31. The van der Waals surface area contributed by atoms with E-state index in [1.54, 1.807) is 17.1 Å². The molecule has 4 nitrogen and oxygen atoms in total. The molecule has 0 aliphatic heterocycles. The van der Waals surface area contributed by atoms with E-state index in [1.165, 1.54) is 0 Å². The predicted octanol–water partition coefficient (Wildman–Crippen LogP) is 2.69. The fourth-order valence-electron chi connectivity index (χ4n) is 1.68. The minimum atomic E-state index is -0.120. The standard InChI is InChI=1S/C14H17N3O/c1-2-9-15-13-8-4-3-7-12(13)14(18)16-17-10-5-6-11-17/h3-8,10-11,15H,2,9H2,1H3,(H,16,18). The lowest BCUT2D eigenvalue weighted by atomic mass is 10.1. The highest BCUT2D eigenvalue weighted by Gasteiger charge is 2.10. The van der Waals surface area contributed by atoms with E-state index >= 15 is 0 Å². The number of nitrogens with zero attached hydrogens (tertiary/aromatic N) is 1. The zero-order valence-electron chi connectivity index (χ0n) is 10.4. The van der Waals surface area contributed by atoms with E-state index in [0.29, 0.717) is 5.56 Å². The van der Waals surface area contributed by atoms with Gasteiger partial charge in [0.25, 0.3) is 5.91 Å². The highest BCUT2D eigenvalue weighted by atomic mass is 16.2. The van der Waals surface area contributed by atoms with Crippen molar-refractivity contribution in [2.24, 2.45) is 0 Å². The maximum absolute atomic E-state index is 12.1. The molecule has 1 aromatic carbocycles. The van der Waals surface area contributed by atoms with Gasteiger partial charge in [0, 0.05) is 24.6 Å². The molecule has 0 atom stereocenters. The third-order valence-corrected chi connectivity index (χ3v) is 2.57. The van der Waals surface area contributed by atoms with Crippen molar-refractivity contribution < 1.29 is 4.79 Å². The Hall–Kier alpha value is -2.23. The number of hydrogen-bond donors (Lipinski definition) is 2. The molecule has 2 rings (SSSR count). The van der Waals surface area contributed by atoms with Crippen LogP contribution < -0.4 is 10.7 Å². The molecule has 1 aromatic heterocycles. The molecule has 0 aliphatic rings. The van der Waals surface area contributed by atoms with Gasteiger partial charge in [-0.3, -0.25) is 14.9 Å². The summed E-state index contributed by atoms with van der Waals surface area (Å²) in [5.74, 6) is -0.120. The number of carbonyl (C=O) groups excluding carboxylic acids is 1. The highest BCUT2D eigenvalue weighted by Crippen LogP contribution is 2.15. The average molecular weight is 243 g/mol. The molecule has 0 bridgehead atoms. The minimum Gasteiger partial charge on any atom is -0.384 e. The first-order valence-corrected chi connectivity index (χ1v) is 6.08. The number of nitrogens with one attached hydrogen (secondary N) is 2. The first kappa shape index (κ1) is 12.2. The summed E-state index contributed by atoms with van der Waals surface area (Å²) < 4.78 is 1.64. The number of carbonyl (C=O) groups is 1. The zero-order valence-corrected chi connectivity index (χ0v) is 10.4. The Morgan fingerprint density at radius 3 is 2.61 bits per heavy atom. The maximum atomic E-state index is 12.1. The van der Waals surface area contributed by atoms with Crippen molar-refractivity contribution in [1.82, 2.24) is 4.68 Å². The first-order valence-electron chi connectivity index (χ1n) is 6.08. The van der Waals surface area contributed by atoms with Gasteiger partial charge in [0.2, 0.25) is 0 Å². The van der Waals surface area contributed by atoms with Gasteiger partial charge < -0.3 is 5.32 Å². The van der Waals surface area contributed by atoms with Crippen LogP contribution in [0.1, 0.15) is 23.7 Å². The second-order valence-electron chi connectivity index (χ2n) is 4.00. The Morgan fingerprint density at radius 1 is 1.17 bits per heavy atom. The van der Waals surface area contributed by atoms with E-state index < -0.39 is 0 Å². The first-order chi connectivity index (χ1) is 8.81. The van der Waals surface area contributed by atoms with Gasteiger partial charge in [-0.2, -0.15) is 0 Å². The van der Waals surface area contributed by atoms with Gasteiger partial charge in [-0.05, 0) is 30.7 Å². The summed E-state index contributed by atoms with van der Waals surface area (Å²) in [6, 6.07) is 11.2. The van der Waals surface area contributed by atoms with E-state index in [4.69, 9.17) is 0 Å². The van der Waals surface area contributed by atoms with Crippen molar-refractivity contribution in [3.63, 3.8) is 0 Å². The second-order valence-corrected chi connectivity index (χ2v) is 4.00. The second kappa shape index (κ2) is 5.91. The van der Waals surface area contributed by atoms with Gasteiger partial charge in [0.15, 0.2) is 0 Å². The summed E-state index contributed by atoms with van der Waals surface area (Å²) >= 11 is 0. The number of amides is 1. The van der Waals surface area contributed by atoms with Crippen LogP contribution in [0, 0.1) is 0 Å². The smallest absolute Gasteiger partial charge is 0.272 e. The van der Waals surface area contributed by atoms with Crippen LogP contribution in [0.3, 0.4) is 0 Å². The average Bonchev–Trinajstić information content (AvgIpc) is 2.89. The van der Waals surface area contributed by atoms with Crippen molar-refractivity contribution >= 4 is 11.6 Å². The molecule has 0 saturated heterocycles. The molecular weight excluding hydrogens is 226 g/mol. The molecule has 0 unspecified atom stereocenters. The lowest BCUT2D eigenvalue weighted by Gasteiger charge is -2.12. The third-order valence-electron chi connectivity index (χ3n) is 2.57. The van der Waals surface area contributed by atoms with E-state index in [-0.39, 0.29) is 5.91 Å². The molecule has 0 spiro atoms. The van der Waals surface area contributed by atoms with Crippen LogP contribution in [-0.2, 0) is 0 Å². The number of anilines is 1. The van der Waals surface area contributed by atoms with Crippen LogP contribution in [0.5, 0.6) is 0 Å². The monoisotopic (exact) mass is 243 g/mol. The number of aromatic nitrogens is 1. The largest absolute Gasteiger partial charge is 0.384 e. The van der Waals surface area contributed by atoms with Crippen LogP contribution in [0.15, 0.2) is 48.8 Å². The van der Waals surface area contributed by atoms with Gasteiger partial charge in [0.1, 0.15) is 0 Å². The molecule has 1 heterocycles. The van der Waals surface area contributed by atoms with Crippen LogP contribution in [0.25, 0.3) is 0 Å². The highest BCUT2D eigenvalue weighted by molar-refractivity contribution is 6.04. The van der Waals surface area contributed by atoms with Gasteiger partial charge in [-0.15, -0.1) is 0 Å². The molecule has 0 radical (unpaired) electrons. The van der Waals surface area contributed by atoms with Gasteiger partial charge >= 0.3 is 0 Å². The van der Waals surface area contributed by atoms with Crippen LogP contribution in [0.2, 0.25) is 0 Å². The lowest BCUT2D eigenvalue weighted by Crippen LogP contribution is -2.22. The van der Waals surface area contributed by atoms with Crippen LogP contribution >= 0.6 is 0 Å². The summed E-state index contributed by atoms with van der Waals surface area (Å²) in [6.45, 7) is 2.95. The topological polar surface area (TPSA) is 46.1 Å². The van der Waals surface area contributed by atoms with Crippen molar-refractivity contribution in [3.8, 4) is 0 Å². The fourth-order valence-corrected chi connectivity index (χ4v) is 1.68. The molecule has 0 aliphatic carbocycles. The van der Waals surface area contributed by atoms with Crippen molar-refractivity contribution in [2.75, 3.05) is 17.3 Å². The Labute approximate surface area is 107 Å². The Morgan fingerprint density at radius 2 is 1.89 bits per heavy atom. The Bertz CT molecular complexity index is 506. The van der Waals surface area contributed by atoms with Gasteiger partial charge in [-0.1, -0.05) is 19.1 Å². The molecule has 18 heavy (non-hydrogen) atoms. The molecule has 0 fully saturated rings. The number of benzene rings is 1. The molecule has 2 N–H and O–H groups in total. The van der Waals surface area contributed by atoms with Crippen LogP contribution in [0.4, 0.5) is 5.69 Å².